The fourth-order valence-corrected chi connectivity index (χ4v) is 2.79. The highest BCUT2D eigenvalue weighted by atomic mass is 35.5. The molecule has 0 saturated carbocycles. The third kappa shape index (κ3) is 4.06. The Morgan fingerprint density at radius 2 is 2.00 bits per heavy atom. The van der Waals surface area contributed by atoms with Crippen molar-refractivity contribution in [3.63, 3.8) is 0 Å². The quantitative estimate of drug-likeness (QED) is 0.679. The smallest absolute Gasteiger partial charge is 0.255 e. The Morgan fingerprint density at radius 1 is 1.19 bits per heavy atom. The Morgan fingerprint density at radius 3 is 2.69 bits per heavy atom. The van der Waals surface area contributed by atoms with Gasteiger partial charge in [-0.1, -0.05) is 28.9 Å². The van der Waals surface area contributed by atoms with Crippen LogP contribution in [-0.2, 0) is 6.61 Å². The summed E-state index contributed by atoms with van der Waals surface area (Å²) in [6.07, 6.45) is 0. The molecular weight excluding hydrogens is 352 g/mol. The first kappa shape index (κ1) is 18.0. The molecule has 2 aromatic carbocycles. The molecule has 0 saturated heterocycles. The van der Waals surface area contributed by atoms with E-state index < -0.39 is 0 Å². The van der Waals surface area contributed by atoms with Gasteiger partial charge in [-0.05, 0) is 56.7 Å². The third-order valence-electron chi connectivity index (χ3n) is 4.03. The number of hydrogen-bond donors (Lipinski definition) is 1. The van der Waals surface area contributed by atoms with Crippen LogP contribution in [0.25, 0.3) is 0 Å². The molecule has 0 spiro atoms. The standard InChI is InChI=1S/C20H19ClN2O3/c1-12-7-8-19(18(21)9-12)22-20(24)15-5-4-6-16(10-15)25-11-17-13(2)23-26-14(17)3/h4-10H,11H2,1-3H3,(H,22,24). The van der Waals surface area contributed by atoms with E-state index in [9.17, 15) is 4.79 Å². The minimum atomic E-state index is -0.251. The second-order valence-electron chi connectivity index (χ2n) is 6.06. The molecule has 0 atom stereocenters. The first-order chi connectivity index (χ1) is 12.4. The molecule has 0 aliphatic rings. The Balaban J connectivity index is 1.71. The van der Waals surface area contributed by atoms with Crippen molar-refractivity contribution in [1.29, 1.82) is 0 Å². The van der Waals surface area contributed by atoms with Gasteiger partial charge in [0.1, 0.15) is 18.1 Å². The van der Waals surface area contributed by atoms with Gasteiger partial charge in [0.15, 0.2) is 0 Å². The molecule has 26 heavy (non-hydrogen) atoms. The molecule has 1 amide bonds. The van der Waals surface area contributed by atoms with E-state index in [4.69, 9.17) is 20.9 Å². The summed E-state index contributed by atoms with van der Waals surface area (Å²) in [6, 6.07) is 12.5. The normalized spacial score (nSPS) is 10.6. The van der Waals surface area contributed by atoms with Gasteiger partial charge < -0.3 is 14.6 Å². The highest BCUT2D eigenvalue weighted by Gasteiger charge is 2.12. The number of aryl methyl sites for hydroxylation is 3. The lowest BCUT2D eigenvalue weighted by Gasteiger charge is -2.10. The number of nitrogens with one attached hydrogen (secondary N) is 1. The van der Waals surface area contributed by atoms with Gasteiger partial charge in [-0.25, -0.2) is 0 Å². The van der Waals surface area contributed by atoms with E-state index in [1.165, 1.54) is 0 Å². The SMILES string of the molecule is Cc1ccc(NC(=O)c2cccc(OCc3c(C)noc3C)c2)c(Cl)c1. The van der Waals surface area contributed by atoms with Gasteiger partial charge in [0.2, 0.25) is 0 Å². The highest BCUT2D eigenvalue weighted by Crippen LogP contribution is 2.24. The van der Waals surface area contributed by atoms with E-state index in [-0.39, 0.29) is 5.91 Å². The number of amides is 1. The van der Waals surface area contributed by atoms with E-state index >= 15 is 0 Å². The molecule has 1 aromatic heterocycles. The molecule has 0 unspecified atom stereocenters. The fraction of sp³-hybridized carbons (Fsp3) is 0.200. The number of nitrogens with zero attached hydrogens (tertiary/aromatic N) is 1. The zero-order valence-corrected chi connectivity index (χ0v) is 15.6. The lowest BCUT2D eigenvalue weighted by molar-refractivity contribution is 0.102. The van der Waals surface area contributed by atoms with Crippen molar-refractivity contribution < 1.29 is 14.1 Å². The molecule has 6 heteroatoms. The Kier molecular flexibility index (Phi) is 5.28. The van der Waals surface area contributed by atoms with Crippen LogP contribution in [0.15, 0.2) is 47.0 Å². The van der Waals surface area contributed by atoms with Gasteiger partial charge in [-0.3, -0.25) is 4.79 Å². The van der Waals surface area contributed by atoms with Crippen molar-refractivity contribution in [2.24, 2.45) is 0 Å². The molecule has 0 aliphatic carbocycles. The van der Waals surface area contributed by atoms with Crippen molar-refractivity contribution in [1.82, 2.24) is 5.16 Å². The van der Waals surface area contributed by atoms with Crippen LogP contribution in [0.2, 0.25) is 5.02 Å². The van der Waals surface area contributed by atoms with Crippen molar-refractivity contribution in [3.8, 4) is 5.75 Å². The Hall–Kier alpha value is -2.79. The van der Waals surface area contributed by atoms with E-state index in [1.807, 2.05) is 26.8 Å². The van der Waals surface area contributed by atoms with Crippen molar-refractivity contribution in [2.75, 3.05) is 5.32 Å². The molecule has 1 heterocycles. The summed E-state index contributed by atoms with van der Waals surface area (Å²) >= 11 is 6.17. The van der Waals surface area contributed by atoms with Crippen LogP contribution in [-0.4, -0.2) is 11.1 Å². The maximum atomic E-state index is 12.5. The van der Waals surface area contributed by atoms with Crippen LogP contribution < -0.4 is 10.1 Å². The van der Waals surface area contributed by atoms with Crippen LogP contribution in [0.5, 0.6) is 5.75 Å². The minimum absolute atomic E-state index is 0.251. The number of rotatable bonds is 5. The summed E-state index contributed by atoms with van der Waals surface area (Å²) < 4.78 is 10.9. The molecule has 0 radical (unpaired) electrons. The number of ether oxygens (including phenoxy) is 1. The number of benzene rings is 2. The van der Waals surface area contributed by atoms with Crippen LogP contribution in [0.3, 0.4) is 0 Å². The lowest BCUT2D eigenvalue weighted by atomic mass is 10.1. The van der Waals surface area contributed by atoms with Crippen molar-refractivity contribution in [2.45, 2.75) is 27.4 Å². The summed E-state index contributed by atoms with van der Waals surface area (Å²) in [5.74, 6) is 1.07. The minimum Gasteiger partial charge on any atom is -0.489 e. The maximum Gasteiger partial charge on any atom is 0.255 e. The monoisotopic (exact) mass is 370 g/mol. The summed E-state index contributed by atoms with van der Waals surface area (Å²) in [5, 5.41) is 7.23. The second kappa shape index (κ2) is 7.62. The zero-order valence-electron chi connectivity index (χ0n) is 14.8. The van der Waals surface area contributed by atoms with E-state index in [2.05, 4.69) is 10.5 Å². The van der Waals surface area contributed by atoms with E-state index in [0.717, 1.165) is 22.6 Å². The van der Waals surface area contributed by atoms with Gasteiger partial charge in [0.25, 0.3) is 5.91 Å². The van der Waals surface area contributed by atoms with E-state index in [1.54, 1.807) is 36.4 Å². The molecule has 3 aromatic rings. The number of carbonyl (C=O) groups excluding carboxylic acids is 1. The van der Waals surface area contributed by atoms with Gasteiger partial charge in [-0.15, -0.1) is 0 Å². The average molecular weight is 371 g/mol. The molecule has 0 aliphatic heterocycles. The third-order valence-corrected chi connectivity index (χ3v) is 4.35. The van der Waals surface area contributed by atoms with Crippen LogP contribution >= 0.6 is 11.6 Å². The Bertz CT molecular complexity index is 930. The predicted octanol–water partition coefficient (Wildman–Crippen LogP) is 5.08. The molecule has 0 bridgehead atoms. The zero-order chi connectivity index (χ0) is 18.7. The predicted molar refractivity (Wildman–Crippen MR) is 101 cm³/mol. The molecule has 3 rings (SSSR count). The Labute approximate surface area is 156 Å². The largest absolute Gasteiger partial charge is 0.489 e. The summed E-state index contributed by atoms with van der Waals surface area (Å²) in [7, 11) is 0. The van der Waals surface area contributed by atoms with Gasteiger partial charge in [0.05, 0.1) is 22.0 Å². The summed E-state index contributed by atoms with van der Waals surface area (Å²) in [5.41, 5.74) is 3.79. The highest BCUT2D eigenvalue weighted by molar-refractivity contribution is 6.34. The van der Waals surface area contributed by atoms with Gasteiger partial charge >= 0.3 is 0 Å². The van der Waals surface area contributed by atoms with Crippen LogP contribution in [0, 0.1) is 20.8 Å². The molecule has 0 fully saturated rings. The van der Waals surface area contributed by atoms with E-state index in [0.29, 0.717) is 28.6 Å². The van der Waals surface area contributed by atoms with Crippen LogP contribution in [0.4, 0.5) is 5.69 Å². The first-order valence-electron chi connectivity index (χ1n) is 8.16. The summed E-state index contributed by atoms with van der Waals surface area (Å²) in [4.78, 5) is 12.5. The summed E-state index contributed by atoms with van der Waals surface area (Å²) in [6.45, 7) is 5.98. The second-order valence-corrected chi connectivity index (χ2v) is 6.46. The maximum absolute atomic E-state index is 12.5. The average Bonchev–Trinajstić information content (AvgIpc) is 2.94. The van der Waals surface area contributed by atoms with Gasteiger partial charge in [0, 0.05) is 5.56 Å². The number of anilines is 1. The lowest BCUT2D eigenvalue weighted by Crippen LogP contribution is -2.12. The topological polar surface area (TPSA) is 64.4 Å². The molecule has 5 nitrogen and oxygen atoms in total. The molecule has 1 N–H and O–H groups in total. The van der Waals surface area contributed by atoms with Gasteiger partial charge in [-0.2, -0.15) is 0 Å². The van der Waals surface area contributed by atoms with Crippen molar-refractivity contribution >= 4 is 23.2 Å². The number of aromatic nitrogens is 1. The number of hydrogen-bond acceptors (Lipinski definition) is 4. The first-order valence-corrected chi connectivity index (χ1v) is 8.54. The number of halogens is 1. The van der Waals surface area contributed by atoms with Crippen LogP contribution in [0.1, 0.15) is 32.9 Å². The molecule has 134 valence electrons. The fourth-order valence-electron chi connectivity index (χ4n) is 2.51. The number of carbonyl (C=O) groups is 1. The molecular formula is C20H19ClN2O3. The van der Waals surface area contributed by atoms with Crippen molar-refractivity contribution in [3.05, 3.63) is 75.6 Å².